The van der Waals surface area contributed by atoms with E-state index >= 15 is 0 Å². The zero-order chi connectivity index (χ0) is 17.1. The number of hydrogen-bond donors (Lipinski definition) is 0. The van der Waals surface area contributed by atoms with Crippen LogP contribution in [0.25, 0.3) is 0 Å². The molecule has 2 saturated carbocycles. The van der Waals surface area contributed by atoms with Crippen molar-refractivity contribution in [3.8, 4) is 0 Å². The molecule has 1 aromatic carbocycles. The van der Waals surface area contributed by atoms with Crippen LogP contribution in [0, 0.1) is 29.4 Å². The number of halogens is 4. The van der Waals surface area contributed by atoms with Gasteiger partial charge in [0.1, 0.15) is 16.7 Å². The van der Waals surface area contributed by atoms with Gasteiger partial charge < -0.3 is 0 Å². The molecule has 1 aromatic rings. The molecule has 3 rings (SSSR count). The molecule has 0 amide bonds. The van der Waals surface area contributed by atoms with Crippen LogP contribution in [0.4, 0.5) is 8.78 Å². The predicted molar refractivity (Wildman–Crippen MR) is 96.5 cm³/mol. The number of benzene rings is 1. The fourth-order valence-corrected chi connectivity index (χ4v) is 4.96. The highest BCUT2D eigenvalue weighted by Crippen LogP contribution is 2.44. The minimum absolute atomic E-state index is 0.262. The zero-order valence-corrected chi connectivity index (χ0v) is 15.3. The van der Waals surface area contributed by atoms with E-state index in [0.717, 1.165) is 43.1 Å². The van der Waals surface area contributed by atoms with Crippen molar-refractivity contribution in [2.24, 2.45) is 17.8 Å². The highest BCUT2D eigenvalue weighted by molar-refractivity contribution is 6.30. The van der Waals surface area contributed by atoms with Crippen LogP contribution < -0.4 is 0 Å². The Bertz CT molecular complexity index is 560. The summed E-state index contributed by atoms with van der Waals surface area (Å²) < 4.78 is 27.4. The van der Waals surface area contributed by atoms with Crippen molar-refractivity contribution in [2.75, 3.05) is 0 Å². The van der Waals surface area contributed by atoms with Crippen molar-refractivity contribution < 1.29 is 8.78 Å². The second-order valence-electron chi connectivity index (χ2n) is 7.40. The number of hydrogen-bond acceptors (Lipinski definition) is 0. The zero-order valence-electron chi connectivity index (χ0n) is 13.8. The monoisotopic (exact) mass is 372 g/mol. The third kappa shape index (κ3) is 4.14. The van der Waals surface area contributed by atoms with Crippen molar-refractivity contribution >= 4 is 23.2 Å². The lowest BCUT2D eigenvalue weighted by atomic mass is 9.68. The minimum atomic E-state index is -0.639. The number of rotatable bonds is 3. The molecule has 132 valence electrons. The van der Waals surface area contributed by atoms with E-state index in [0.29, 0.717) is 5.92 Å². The topological polar surface area (TPSA) is 0 Å². The molecule has 0 atom stereocenters. The SMILES string of the molecule is Fc1cc(C2CCC(C3CCC(/C=C/Cl)CC3)CC2)cc(F)c1Cl. The Morgan fingerprint density at radius 1 is 0.833 bits per heavy atom. The van der Waals surface area contributed by atoms with Crippen LogP contribution >= 0.6 is 23.2 Å². The summed E-state index contributed by atoms with van der Waals surface area (Å²) in [4.78, 5) is 0. The smallest absolute Gasteiger partial charge is 0.145 e. The van der Waals surface area contributed by atoms with Gasteiger partial charge in [-0.1, -0.05) is 29.3 Å². The second kappa shape index (κ2) is 8.19. The number of allylic oxidation sites excluding steroid dienone is 1. The second-order valence-corrected chi connectivity index (χ2v) is 8.03. The van der Waals surface area contributed by atoms with Crippen molar-refractivity contribution in [1.29, 1.82) is 0 Å². The van der Waals surface area contributed by atoms with Crippen molar-refractivity contribution in [1.82, 2.24) is 0 Å². The van der Waals surface area contributed by atoms with Crippen LogP contribution in [0.5, 0.6) is 0 Å². The average molecular weight is 373 g/mol. The van der Waals surface area contributed by atoms with Crippen LogP contribution in [0.2, 0.25) is 5.02 Å². The molecule has 0 N–H and O–H groups in total. The van der Waals surface area contributed by atoms with E-state index in [-0.39, 0.29) is 5.92 Å². The summed E-state index contributed by atoms with van der Waals surface area (Å²) in [5.41, 5.74) is 2.42. The van der Waals surface area contributed by atoms with E-state index in [1.165, 1.54) is 37.8 Å². The van der Waals surface area contributed by atoms with Gasteiger partial charge in [-0.3, -0.25) is 0 Å². The lowest BCUT2D eigenvalue weighted by molar-refractivity contribution is 0.171. The summed E-state index contributed by atoms with van der Waals surface area (Å²) in [7, 11) is 0. The molecule has 2 aliphatic carbocycles. The lowest BCUT2D eigenvalue weighted by Gasteiger charge is -2.37. The molecule has 0 unspecified atom stereocenters. The fraction of sp³-hybridized carbons (Fsp3) is 0.600. The highest BCUT2D eigenvalue weighted by Gasteiger charge is 2.31. The summed E-state index contributed by atoms with van der Waals surface area (Å²) in [6.45, 7) is 0. The highest BCUT2D eigenvalue weighted by atomic mass is 35.5. The van der Waals surface area contributed by atoms with Crippen LogP contribution in [-0.2, 0) is 0 Å². The normalized spacial score (nSPS) is 31.5. The molecule has 0 aromatic heterocycles. The molecular weight excluding hydrogens is 349 g/mol. The maximum atomic E-state index is 13.7. The molecule has 24 heavy (non-hydrogen) atoms. The van der Waals surface area contributed by atoms with Crippen molar-refractivity contribution in [3.63, 3.8) is 0 Å². The maximum Gasteiger partial charge on any atom is 0.145 e. The van der Waals surface area contributed by atoms with Crippen molar-refractivity contribution in [3.05, 3.63) is 46.0 Å². The molecule has 0 heterocycles. The van der Waals surface area contributed by atoms with E-state index < -0.39 is 16.7 Å². The van der Waals surface area contributed by atoms with Gasteiger partial charge in [0.05, 0.1) is 0 Å². The van der Waals surface area contributed by atoms with Gasteiger partial charge in [-0.2, -0.15) is 0 Å². The first kappa shape index (κ1) is 18.2. The molecular formula is C20H24Cl2F2. The van der Waals surface area contributed by atoms with Crippen molar-refractivity contribution in [2.45, 2.75) is 57.3 Å². The quantitative estimate of drug-likeness (QED) is 0.483. The van der Waals surface area contributed by atoms with E-state index in [9.17, 15) is 8.78 Å². The molecule has 0 aliphatic heterocycles. The fourth-order valence-electron chi connectivity index (χ4n) is 4.65. The van der Waals surface area contributed by atoms with Gasteiger partial charge in [-0.25, -0.2) is 8.78 Å². The Balaban J connectivity index is 1.55. The van der Waals surface area contributed by atoms with Crippen LogP contribution in [0.3, 0.4) is 0 Å². The van der Waals surface area contributed by atoms with Gasteiger partial charge >= 0.3 is 0 Å². The van der Waals surface area contributed by atoms with Gasteiger partial charge in [0.25, 0.3) is 0 Å². The maximum absolute atomic E-state index is 13.7. The molecule has 0 nitrogen and oxygen atoms in total. The summed E-state index contributed by atoms with van der Waals surface area (Å²) in [5.74, 6) is 1.21. The summed E-state index contributed by atoms with van der Waals surface area (Å²) >= 11 is 11.3. The Hall–Kier alpha value is -0.600. The first-order valence-corrected chi connectivity index (χ1v) is 9.81. The van der Waals surface area contributed by atoms with Crippen LogP contribution in [0.1, 0.15) is 62.8 Å². The predicted octanol–water partition coefficient (Wildman–Crippen LogP) is 7.45. The third-order valence-electron chi connectivity index (χ3n) is 6.08. The molecule has 0 bridgehead atoms. The van der Waals surface area contributed by atoms with Crippen LogP contribution in [-0.4, -0.2) is 0 Å². The summed E-state index contributed by atoms with van der Waals surface area (Å²) in [6, 6.07) is 2.83. The summed E-state index contributed by atoms with van der Waals surface area (Å²) in [5, 5.41) is -0.393. The third-order valence-corrected chi connectivity index (χ3v) is 6.58. The molecule has 4 heteroatoms. The lowest BCUT2D eigenvalue weighted by Crippen LogP contribution is -2.25. The standard InChI is InChI=1S/C20H24Cl2F2/c21-10-9-13-1-3-14(4-2-13)15-5-7-16(8-6-15)17-11-18(23)20(22)19(24)12-17/h9-16H,1-8H2/b10-9+. The first-order chi connectivity index (χ1) is 11.6. The van der Waals surface area contributed by atoms with Crippen LogP contribution in [0.15, 0.2) is 23.7 Å². The molecule has 2 fully saturated rings. The molecule has 2 aliphatic rings. The molecule has 0 saturated heterocycles. The Kier molecular flexibility index (Phi) is 6.21. The van der Waals surface area contributed by atoms with Gasteiger partial charge in [0.2, 0.25) is 0 Å². The Morgan fingerprint density at radius 3 is 1.83 bits per heavy atom. The van der Waals surface area contributed by atoms with Gasteiger partial charge in [-0.15, -0.1) is 0 Å². The largest absolute Gasteiger partial charge is 0.205 e. The summed E-state index contributed by atoms with van der Waals surface area (Å²) in [6.07, 6.45) is 11.5. The average Bonchev–Trinajstić information content (AvgIpc) is 2.60. The van der Waals surface area contributed by atoms with Gasteiger partial charge in [0.15, 0.2) is 0 Å². The van der Waals surface area contributed by atoms with Gasteiger partial charge in [0, 0.05) is 5.54 Å². The molecule has 0 radical (unpaired) electrons. The molecule has 0 spiro atoms. The van der Waals surface area contributed by atoms with E-state index in [1.54, 1.807) is 5.54 Å². The minimum Gasteiger partial charge on any atom is -0.205 e. The van der Waals surface area contributed by atoms with E-state index in [2.05, 4.69) is 6.08 Å². The van der Waals surface area contributed by atoms with E-state index in [4.69, 9.17) is 23.2 Å². The first-order valence-electron chi connectivity index (χ1n) is 8.99. The Morgan fingerprint density at radius 2 is 1.33 bits per heavy atom. The van der Waals surface area contributed by atoms with Gasteiger partial charge in [-0.05, 0) is 92.7 Å². The van der Waals surface area contributed by atoms with E-state index in [1.807, 2.05) is 0 Å². The Labute approximate surface area is 153 Å².